The predicted molar refractivity (Wildman–Crippen MR) is 131 cm³/mol. The summed E-state index contributed by atoms with van der Waals surface area (Å²) in [5.41, 5.74) is 1.54. The van der Waals surface area contributed by atoms with Crippen molar-refractivity contribution in [2.75, 3.05) is 25.6 Å². The molecule has 4 rings (SSSR count). The number of imide groups is 1. The molecule has 2 N–H and O–H groups in total. The first kappa shape index (κ1) is 26.8. The first-order valence-corrected chi connectivity index (χ1v) is 12.1. The van der Waals surface area contributed by atoms with Gasteiger partial charge in [0.2, 0.25) is 11.8 Å². The highest BCUT2D eigenvalue weighted by molar-refractivity contribution is 5.98. The highest BCUT2D eigenvalue weighted by atomic mass is 19.1. The molecular formula is C26H28F2N4O6. The van der Waals surface area contributed by atoms with Crippen LogP contribution < -0.4 is 15.4 Å². The normalized spacial score (nSPS) is 17.8. The van der Waals surface area contributed by atoms with Crippen LogP contribution in [0.1, 0.15) is 36.5 Å². The summed E-state index contributed by atoms with van der Waals surface area (Å²) >= 11 is 0. The first-order valence-electron chi connectivity index (χ1n) is 12.1. The zero-order chi connectivity index (χ0) is 27.4. The molecule has 2 aromatic rings. The molecule has 10 nitrogen and oxygen atoms in total. The summed E-state index contributed by atoms with van der Waals surface area (Å²) in [5.74, 6) is -1.75. The second kappa shape index (κ2) is 11.4. The topological polar surface area (TPSA) is 117 Å². The Bertz CT molecular complexity index is 1270. The van der Waals surface area contributed by atoms with E-state index in [1.807, 2.05) is 0 Å². The average molecular weight is 531 g/mol. The number of carbonyl (C=O) groups is 4. The Balaban J connectivity index is 1.50. The van der Waals surface area contributed by atoms with Crippen molar-refractivity contribution in [3.05, 3.63) is 58.7 Å². The number of nitrogens with one attached hydrogen (secondary N) is 2. The number of hydrogen-bond donors (Lipinski definition) is 2. The lowest BCUT2D eigenvalue weighted by Crippen LogP contribution is -2.51. The van der Waals surface area contributed by atoms with Crippen LogP contribution in [0.4, 0.5) is 24.1 Å². The Morgan fingerprint density at radius 1 is 1.13 bits per heavy atom. The number of aryl methyl sites for hydroxylation is 1. The molecule has 0 saturated carbocycles. The van der Waals surface area contributed by atoms with Crippen LogP contribution in [0, 0.1) is 11.6 Å². The smallest absolute Gasteiger partial charge is 0.411 e. The van der Waals surface area contributed by atoms with Gasteiger partial charge in [0.15, 0.2) is 0 Å². The van der Waals surface area contributed by atoms with Crippen molar-refractivity contribution in [1.82, 2.24) is 15.1 Å². The average Bonchev–Trinajstić information content (AvgIpc) is 3.05. The molecule has 1 atom stereocenters. The van der Waals surface area contributed by atoms with Crippen LogP contribution in [0.15, 0.2) is 30.3 Å². The second-order valence-electron chi connectivity index (χ2n) is 9.14. The van der Waals surface area contributed by atoms with E-state index in [1.165, 1.54) is 35.2 Å². The van der Waals surface area contributed by atoms with Crippen LogP contribution in [-0.4, -0.2) is 60.0 Å². The lowest BCUT2D eigenvalue weighted by molar-refractivity contribution is -0.140. The van der Waals surface area contributed by atoms with Crippen LogP contribution in [0.3, 0.4) is 0 Å². The van der Waals surface area contributed by atoms with Crippen molar-refractivity contribution < 1.29 is 37.4 Å². The molecule has 202 valence electrons. The van der Waals surface area contributed by atoms with Gasteiger partial charge in [-0.15, -0.1) is 0 Å². The van der Waals surface area contributed by atoms with E-state index in [4.69, 9.17) is 4.74 Å². The van der Waals surface area contributed by atoms with Gasteiger partial charge in [0.05, 0.1) is 18.8 Å². The van der Waals surface area contributed by atoms with Gasteiger partial charge in [-0.1, -0.05) is 0 Å². The maximum absolute atomic E-state index is 14.6. The van der Waals surface area contributed by atoms with Gasteiger partial charge in [-0.3, -0.25) is 19.8 Å². The second-order valence-corrected chi connectivity index (χ2v) is 9.14. The number of anilines is 1. The number of hydrogen-bond acceptors (Lipinski definition) is 6. The Labute approximate surface area is 217 Å². The molecule has 0 unspecified atom stereocenters. The fraction of sp³-hybridized carbons (Fsp3) is 0.385. The molecule has 0 aromatic heterocycles. The maximum atomic E-state index is 14.6. The van der Waals surface area contributed by atoms with E-state index in [1.54, 1.807) is 6.92 Å². The van der Waals surface area contributed by atoms with Crippen molar-refractivity contribution in [2.45, 2.75) is 45.3 Å². The summed E-state index contributed by atoms with van der Waals surface area (Å²) in [7, 11) is 1.16. The first-order chi connectivity index (χ1) is 18.2. The Hall–Kier alpha value is -4.22. The van der Waals surface area contributed by atoms with Crippen molar-refractivity contribution in [3.63, 3.8) is 0 Å². The molecule has 0 spiro atoms. The molecule has 0 bridgehead atoms. The van der Waals surface area contributed by atoms with Gasteiger partial charge in [0, 0.05) is 25.1 Å². The Morgan fingerprint density at radius 2 is 1.92 bits per heavy atom. The lowest BCUT2D eigenvalue weighted by Gasteiger charge is -2.30. The predicted octanol–water partition coefficient (Wildman–Crippen LogP) is 3.33. The number of nitrogens with zero attached hydrogens (tertiary/aromatic N) is 2. The van der Waals surface area contributed by atoms with Crippen LogP contribution in [-0.2, 0) is 33.8 Å². The van der Waals surface area contributed by atoms with E-state index in [0.29, 0.717) is 35.3 Å². The number of rotatable bonds is 3. The third-order valence-corrected chi connectivity index (χ3v) is 6.51. The molecule has 0 fully saturated rings. The maximum Gasteiger partial charge on any atom is 0.411 e. The van der Waals surface area contributed by atoms with Crippen LogP contribution in [0.2, 0.25) is 0 Å². The zero-order valence-electron chi connectivity index (χ0n) is 21.0. The minimum atomic E-state index is -0.827. The van der Waals surface area contributed by atoms with E-state index < -0.39 is 42.1 Å². The number of urea groups is 1. The van der Waals surface area contributed by atoms with Crippen LogP contribution in [0.5, 0.6) is 5.75 Å². The molecule has 2 heterocycles. The molecule has 0 radical (unpaired) electrons. The number of benzene rings is 2. The quantitative estimate of drug-likeness (QED) is 0.629. The van der Waals surface area contributed by atoms with Gasteiger partial charge < -0.3 is 19.7 Å². The summed E-state index contributed by atoms with van der Waals surface area (Å²) in [6.45, 7) is 1.38. The van der Waals surface area contributed by atoms with E-state index >= 15 is 0 Å². The summed E-state index contributed by atoms with van der Waals surface area (Å²) in [5, 5.41) is 4.88. The fourth-order valence-corrected chi connectivity index (χ4v) is 4.43. The van der Waals surface area contributed by atoms with Gasteiger partial charge in [-0.25, -0.2) is 18.4 Å². The van der Waals surface area contributed by atoms with Crippen molar-refractivity contribution in [1.29, 1.82) is 0 Å². The lowest BCUT2D eigenvalue weighted by atomic mass is 9.99. The summed E-state index contributed by atoms with van der Waals surface area (Å²) in [6, 6.07) is 5.54. The fourth-order valence-electron chi connectivity index (χ4n) is 4.43. The zero-order valence-corrected chi connectivity index (χ0v) is 21.0. The Morgan fingerprint density at radius 3 is 2.68 bits per heavy atom. The molecule has 2 aromatic carbocycles. The third kappa shape index (κ3) is 6.01. The minimum Gasteiger partial charge on any atom is -0.491 e. The van der Waals surface area contributed by atoms with Crippen molar-refractivity contribution in [3.8, 4) is 5.75 Å². The number of ether oxygens (including phenoxy) is 2. The molecule has 38 heavy (non-hydrogen) atoms. The van der Waals surface area contributed by atoms with Gasteiger partial charge in [-0.2, -0.15) is 0 Å². The number of methoxy groups -OCH3 is 1. The van der Waals surface area contributed by atoms with Gasteiger partial charge in [-0.05, 0) is 61.2 Å². The van der Waals surface area contributed by atoms with Gasteiger partial charge >= 0.3 is 12.1 Å². The van der Waals surface area contributed by atoms with Gasteiger partial charge in [0.25, 0.3) is 0 Å². The largest absolute Gasteiger partial charge is 0.491 e. The summed E-state index contributed by atoms with van der Waals surface area (Å²) in [6.07, 6.45) is -0.165. The summed E-state index contributed by atoms with van der Waals surface area (Å²) < 4.78 is 38.6. The van der Waals surface area contributed by atoms with Crippen LogP contribution >= 0.6 is 0 Å². The highest BCUT2D eigenvalue weighted by Gasteiger charge is 2.31. The minimum absolute atomic E-state index is 0.0377. The molecular weight excluding hydrogens is 502 g/mol. The molecule has 5 amide bonds. The van der Waals surface area contributed by atoms with E-state index in [9.17, 15) is 28.0 Å². The third-order valence-electron chi connectivity index (χ3n) is 6.51. The highest BCUT2D eigenvalue weighted by Crippen LogP contribution is 2.27. The number of fused-ring (bicyclic) bond motifs is 2. The number of halogens is 2. The summed E-state index contributed by atoms with van der Waals surface area (Å²) in [4.78, 5) is 53.0. The van der Waals surface area contributed by atoms with Crippen LogP contribution in [0.25, 0.3) is 0 Å². The molecule has 0 aliphatic carbocycles. The van der Waals surface area contributed by atoms with Crippen molar-refractivity contribution >= 4 is 29.6 Å². The Kier molecular flexibility index (Phi) is 8.08. The molecule has 12 heteroatoms. The van der Waals surface area contributed by atoms with Gasteiger partial charge in [0.1, 0.15) is 30.5 Å². The van der Waals surface area contributed by atoms with E-state index in [-0.39, 0.29) is 37.8 Å². The van der Waals surface area contributed by atoms with Crippen molar-refractivity contribution in [2.24, 2.45) is 0 Å². The van der Waals surface area contributed by atoms with E-state index in [2.05, 4.69) is 15.4 Å². The molecule has 2 aliphatic heterocycles. The SMILES string of the molecule is COC(=O)Nc1cc2c(cc1F)CNC(=O)N(CC(=O)N1Cc3cc(F)ccc3OC[C@H]1C)C(=O)CCC2. The molecule has 0 saturated heterocycles. The monoisotopic (exact) mass is 530 g/mol. The molecule has 2 aliphatic rings. The number of carbonyl (C=O) groups excluding carboxylic acids is 4. The number of amides is 5. The van der Waals surface area contributed by atoms with E-state index in [0.717, 1.165) is 12.0 Å². The standard InChI is InChI=1S/C26H28F2N4O6/c1-15-14-38-22-7-6-19(27)8-18(22)12-31(15)24(34)13-32-23(33)5-3-4-16-10-21(30-26(36)37-2)20(28)9-17(16)11-29-25(32)35/h6-10,15H,3-5,11-14H2,1-2H3,(H,29,35)(H,30,36)/t15-/m1/s1.